The fourth-order valence-corrected chi connectivity index (χ4v) is 4.18. The normalized spacial score (nSPS) is 22.5. The summed E-state index contributed by atoms with van der Waals surface area (Å²) in [4.78, 5) is 27.8. The summed E-state index contributed by atoms with van der Waals surface area (Å²) in [6.45, 7) is 5.08. The van der Waals surface area contributed by atoms with Crippen LogP contribution in [0.4, 0.5) is 0 Å². The molecule has 4 heterocycles. The number of aromatic nitrogens is 3. The highest BCUT2D eigenvalue weighted by atomic mass is 32.1. The molecule has 0 aromatic carbocycles. The Balaban J connectivity index is 1.47. The molecule has 2 aromatic rings. The number of piperidine rings is 1. The van der Waals surface area contributed by atoms with Crippen LogP contribution in [0.25, 0.3) is 0 Å². The number of amides is 2. The minimum atomic E-state index is -0.991. The van der Waals surface area contributed by atoms with E-state index in [1.807, 2.05) is 16.1 Å². The number of nitrogens with zero attached hydrogens (tertiary/aromatic N) is 4. The van der Waals surface area contributed by atoms with E-state index in [0.29, 0.717) is 24.6 Å². The second-order valence-electron chi connectivity index (χ2n) is 7.18. The van der Waals surface area contributed by atoms with Crippen LogP contribution in [0.1, 0.15) is 41.7 Å². The molecule has 9 heteroatoms. The van der Waals surface area contributed by atoms with Gasteiger partial charge >= 0.3 is 0 Å². The number of thiophene rings is 1. The van der Waals surface area contributed by atoms with Crippen molar-refractivity contribution in [2.24, 2.45) is 0 Å². The number of carbonyl (C=O) groups is 2. The minimum absolute atomic E-state index is 0.0390. The maximum absolute atomic E-state index is 13.1. The second-order valence-corrected chi connectivity index (χ2v) is 8.13. The van der Waals surface area contributed by atoms with E-state index in [0.717, 1.165) is 12.1 Å². The van der Waals surface area contributed by atoms with E-state index in [4.69, 9.17) is 4.74 Å². The smallest absolute Gasteiger partial charge is 0.262 e. The number of ether oxygens (including phenoxy) is 1. The molecule has 138 valence electrons. The lowest BCUT2D eigenvalue weighted by Gasteiger charge is -2.43. The average molecular weight is 375 g/mol. The quantitative estimate of drug-likeness (QED) is 0.871. The molecule has 4 rings (SSSR count). The minimum Gasteiger partial charge on any atom is -0.370 e. The van der Waals surface area contributed by atoms with Gasteiger partial charge in [0, 0.05) is 13.1 Å². The molecule has 2 atom stereocenters. The summed E-state index contributed by atoms with van der Waals surface area (Å²) in [6, 6.07) is 3.53. The predicted octanol–water partition coefficient (Wildman–Crippen LogP) is 1.22. The highest BCUT2D eigenvalue weighted by Crippen LogP contribution is 2.31. The van der Waals surface area contributed by atoms with Crippen LogP contribution in [-0.2, 0) is 16.1 Å². The molecule has 0 radical (unpaired) electrons. The third kappa shape index (κ3) is 3.01. The number of hydrogen-bond donors (Lipinski definition) is 1. The van der Waals surface area contributed by atoms with Crippen molar-refractivity contribution < 1.29 is 14.3 Å². The molecule has 2 amide bonds. The number of hydrogen-bond acceptors (Lipinski definition) is 6. The number of nitrogens with one attached hydrogen (secondary N) is 1. The van der Waals surface area contributed by atoms with Crippen LogP contribution < -0.4 is 5.32 Å². The van der Waals surface area contributed by atoms with Gasteiger partial charge in [0.2, 0.25) is 5.91 Å². The van der Waals surface area contributed by atoms with Gasteiger partial charge in [-0.15, -0.1) is 16.4 Å². The van der Waals surface area contributed by atoms with Gasteiger partial charge in [-0.05, 0) is 31.7 Å². The summed E-state index contributed by atoms with van der Waals surface area (Å²) in [5, 5.41) is 12.8. The van der Waals surface area contributed by atoms with Crippen LogP contribution in [0, 0.1) is 0 Å². The van der Waals surface area contributed by atoms with E-state index in [1.54, 1.807) is 31.0 Å². The summed E-state index contributed by atoms with van der Waals surface area (Å²) < 4.78 is 7.75. The Hall–Kier alpha value is -2.26. The first-order valence-corrected chi connectivity index (χ1v) is 9.50. The fraction of sp³-hybridized carbons (Fsp3) is 0.529. The van der Waals surface area contributed by atoms with Crippen LogP contribution in [0.15, 0.2) is 23.7 Å². The van der Waals surface area contributed by atoms with Crippen molar-refractivity contribution in [1.29, 1.82) is 0 Å². The van der Waals surface area contributed by atoms with E-state index in [2.05, 4.69) is 15.6 Å². The van der Waals surface area contributed by atoms with Gasteiger partial charge in [0.15, 0.2) is 0 Å². The zero-order chi connectivity index (χ0) is 18.3. The summed E-state index contributed by atoms with van der Waals surface area (Å²) in [5.74, 6) is -0.333. The largest absolute Gasteiger partial charge is 0.370 e. The van der Waals surface area contributed by atoms with Gasteiger partial charge < -0.3 is 15.0 Å². The highest BCUT2D eigenvalue weighted by Gasteiger charge is 2.41. The Kier molecular flexibility index (Phi) is 4.28. The molecule has 0 saturated carbocycles. The first kappa shape index (κ1) is 17.2. The maximum atomic E-state index is 13.1. The van der Waals surface area contributed by atoms with Crippen molar-refractivity contribution >= 4 is 23.2 Å². The van der Waals surface area contributed by atoms with Gasteiger partial charge in [0.05, 0.1) is 35.5 Å². The van der Waals surface area contributed by atoms with Crippen molar-refractivity contribution in [3.05, 3.63) is 34.3 Å². The lowest BCUT2D eigenvalue weighted by atomic mass is 9.96. The van der Waals surface area contributed by atoms with Crippen molar-refractivity contribution in [3.8, 4) is 0 Å². The van der Waals surface area contributed by atoms with Crippen LogP contribution in [0.2, 0.25) is 0 Å². The first-order chi connectivity index (χ1) is 12.5. The summed E-state index contributed by atoms with van der Waals surface area (Å²) in [7, 11) is 0. The summed E-state index contributed by atoms with van der Waals surface area (Å²) >= 11 is 1.36. The third-order valence-electron chi connectivity index (χ3n) is 4.92. The molecule has 0 bridgehead atoms. The zero-order valence-corrected chi connectivity index (χ0v) is 15.5. The molecule has 8 nitrogen and oxygen atoms in total. The molecule has 26 heavy (non-hydrogen) atoms. The molecular formula is C17H21N5O3S. The SMILES string of the molecule is CC(C)(NC(=O)c1cccs1)C(=O)N1CC[C@H]2OCc3cnnn3[C@@H]2C1. The highest BCUT2D eigenvalue weighted by molar-refractivity contribution is 7.12. The number of likely N-dealkylation sites (tertiary alicyclic amines) is 1. The van der Waals surface area contributed by atoms with Crippen LogP contribution in [-0.4, -0.2) is 56.4 Å². The molecule has 1 N–H and O–H groups in total. The molecule has 2 aromatic heterocycles. The molecule has 2 aliphatic heterocycles. The van der Waals surface area contributed by atoms with Crippen LogP contribution >= 0.6 is 11.3 Å². The molecule has 0 spiro atoms. The predicted molar refractivity (Wildman–Crippen MR) is 94.7 cm³/mol. The third-order valence-corrected chi connectivity index (χ3v) is 5.79. The average Bonchev–Trinajstić information content (AvgIpc) is 3.31. The Labute approximate surface area is 155 Å². The van der Waals surface area contributed by atoms with E-state index < -0.39 is 5.54 Å². The molecule has 2 aliphatic rings. The summed E-state index contributed by atoms with van der Waals surface area (Å²) in [5.41, 5.74) is -0.0694. The zero-order valence-electron chi connectivity index (χ0n) is 14.7. The number of fused-ring (bicyclic) bond motifs is 3. The molecule has 0 unspecified atom stereocenters. The van der Waals surface area contributed by atoms with E-state index >= 15 is 0 Å². The fourth-order valence-electron chi connectivity index (χ4n) is 3.57. The lowest BCUT2D eigenvalue weighted by molar-refractivity contribution is -0.143. The van der Waals surface area contributed by atoms with Crippen molar-refractivity contribution in [2.45, 2.75) is 44.6 Å². The lowest BCUT2D eigenvalue weighted by Crippen LogP contribution is -2.59. The van der Waals surface area contributed by atoms with Gasteiger partial charge in [-0.2, -0.15) is 0 Å². The second kappa shape index (κ2) is 6.48. The molecule has 1 fully saturated rings. The van der Waals surface area contributed by atoms with E-state index in [9.17, 15) is 9.59 Å². The summed E-state index contributed by atoms with van der Waals surface area (Å²) in [6.07, 6.45) is 2.48. The van der Waals surface area contributed by atoms with Gasteiger partial charge in [-0.25, -0.2) is 4.68 Å². The van der Waals surface area contributed by atoms with E-state index in [-0.39, 0.29) is 24.0 Å². The monoisotopic (exact) mass is 375 g/mol. The van der Waals surface area contributed by atoms with E-state index in [1.165, 1.54) is 11.3 Å². The standard InChI is InChI=1S/C17H21N5O3S/c1-17(2,19-15(23)14-4-3-7-26-14)16(24)21-6-5-13-12(9-21)22-11(10-25-13)8-18-20-22/h3-4,7-8,12-13H,5-6,9-10H2,1-2H3,(H,19,23)/t12-,13-/m1/s1. The maximum Gasteiger partial charge on any atom is 0.262 e. The van der Waals surface area contributed by atoms with Crippen molar-refractivity contribution in [3.63, 3.8) is 0 Å². The van der Waals surface area contributed by atoms with Crippen LogP contribution in [0.5, 0.6) is 0 Å². The van der Waals surface area contributed by atoms with Gasteiger partial charge in [0.25, 0.3) is 5.91 Å². The van der Waals surface area contributed by atoms with Gasteiger partial charge in [-0.3, -0.25) is 9.59 Å². The van der Waals surface area contributed by atoms with Crippen molar-refractivity contribution in [2.75, 3.05) is 13.1 Å². The van der Waals surface area contributed by atoms with Crippen LogP contribution in [0.3, 0.4) is 0 Å². The Morgan fingerprint density at radius 3 is 3.04 bits per heavy atom. The number of rotatable bonds is 3. The topological polar surface area (TPSA) is 89.3 Å². The molecule has 1 saturated heterocycles. The number of carbonyl (C=O) groups excluding carboxylic acids is 2. The van der Waals surface area contributed by atoms with Gasteiger partial charge in [-0.1, -0.05) is 11.3 Å². The Bertz CT molecular complexity index is 816. The molecular weight excluding hydrogens is 354 g/mol. The molecule has 0 aliphatic carbocycles. The first-order valence-electron chi connectivity index (χ1n) is 8.62. The van der Waals surface area contributed by atoms with Gasteiger partial charge in [0.1, 0.15) is 5.54 Å². The van der Waals surface area contributed by atoms with Crippen molar-refractivity contribution in [1.82, 2.24) is 25.2 Å². The Morgan fingerprint density at radius 1 is 1.42 bits per heavy atom. The Morgan fingerprint density at radius 2 is 2.27 bits per heavy atom.